The molecule has 0 aromatic carbocycles. The lowest BCUT2D eigenvalue weighted by molar-refractivity contribution is 0.0195. The maximum absolute atomic E-state index is 5.85. The zero-order valence-electron chi connectivity index (χ0n) is 9.36. The smallest absolute Gasteiger partial charge is 0.214 e. The number of pyridine rings is 1. The van der Waals surface area contributed by atoms with Gasteiger partial charge in [0.1, 0.15) is 10.7 Å². The average molecular weight is 286 g/mol. The summed E-state index contributed by atoms with van der Waals surface area (Å²) in [6.45, 7) is 0. The molecular weight excluding hydrogens is 270 g/mol. The average Bonchev–Trinajstić information content (AvgIpc) is 2.29. The molecule has 3 nitrogen and oxygen atoms in total. The summed E-state index contributed by atoms with van der Waals surface area (Å²) in [5, 5.41) is 0. The fourth-order valence-electron chi connectivity index (χ4n) is 2.05. The van der Waals surface area contributed by atoms with E-state index in [1.807, 2.05) is 18.2 Å². The lowest BCUT2D eigenvalue weighted by atomic mass is 9.95. The molecule has 0 saturated heterocycles. The van der Waals surface area contributed by atoms with Gasteiger partial charge >= 0.3 is 0 Å². The van der Waals surface area contributed by atoms with E-state index in [0.29, 0.717) is 12.0 Å². The van der Waals surface area contributed by atoms with Crippen molar-refractivity contribution in [3.8, 4) is 5.88 Å². The molecule has 0 radical (unpaired) electrons. The van der Waals surface area contributed by atoms with Gasteiger partial charge in [-0.05, 0) is 41.3 Å². The van der Waals surface area contributed by atoms with E-state index >= 15 is 0 Å². The second-order valence-electron chi connectivity index (χ2n) is 4.06. The summed E-state index contributed by atoms with van der Waals surface area (Å²) >= 11 is 3.34. The summed E-state index contributed by atoms with van der Waals surface area (Å²) in [7, 11) is 1.77. The minimum absolute atomic E-state index is 0.237. The summed E-state index contributed by atoms with van der Waals surface area (Å²) in [6.07, 6.45) is 4.93. The van der Waals surface area contributed by atoms with Crippen molar-refractivity contribution in [2.24, 2.45) is 0 Å². The topological polar surface area (TPSA) is 31.4 Å². The third-order valence-corrected chi connectivity index (χ3v) is 3.33. The van der Waals surface area contributed by atoms with Gasteiger partial charge in [-0.1, -0.05) is 6.07 Å². The molecule has 4 heteroatoms. The van der Waals surface area contributed by atoms with Crippen LogP contribution in [0.4, 0.5) is 0 Å². The molecule has 0 amide bonds. The number of aromatic nitrogens is 1. The standard InChI is InChI=1S/C12H16BrNO2/c1-15-9-4-2-5-10(8-9)16-12-7-3-6-11(13)14-12/h3,6-7,9-10H,2,4-5,8H2,1H3. The lowest BCUT2D eigenvalue weighted by Gasteiger charge is -2.28. The quantitative estimate of drug-likeness (QED) is 0.800. The SMILES string of the molecule is COC1CCCC(Oc2cccc(Br)n2)C1. The van der Waals surface area contributed by atoms with Crippen molar-refractivity contribution >= 4 is 15.9 Å². The van der Waals surface area contributed by atoms with Crippen LogP contribution in [-0.4, -0.2) is 24.3 Å². The molecule has 1 heterocycles. The first kappa shape index (κ1) is 11.9. The highest BCUT2D eigenvalue weighted by molar-refractivity contribution is 9.10. The van der Waals surface area contributed by atoms with Crippen molar-refractivity contribution in [3.63, 3.8) is 0 Å². The van der Waals surface area contributed by atoms with Crippen LogP contribution in [0.2, 0.25) is 0 Å². The largest absolute Gasteiger partial charge is 0.474 e. The van der Waals surface area contributed by atoms with Crippen molar-refractivity contribution in [3.05, 3.63) is 22.8 Å². The number of ether oxygens (including phenoxy) is 2. The molecule has 88 valence electrons. The van der Waals surface area contributed by atoms with Gasteiger partial charge in [0.15, 0.2) is 0 Å². The van der Waals surface area contributed by atoms with Crippen molar-refractivity contribution in [1.82, 2.24) is 4.98 Å². The molecule has 0 bridgehead atoms. The van der Waals surface area contributed by atoms with Crippen LogP contribution in [0.25, 0.3) is 0 Å². The van der Waals surface area contributed by atoms with Crippen LogP contribution in [-0.2, 0) is 4.74 Å². The highest BCUT2D eigenvalue weighted by Gasteiger charge is 2.23. The molecule has 1 aliphatic rings. The van der Waals surface area contributed by atoms with Gasteiger partial charge in [-0.25, -0.2) is 4.98 Å². The number of halogens is 1. The predicted molar refractivity (Wildman–Crippen MR) is 65.6 cm³/mol. The molecule has 16 heavy (non-hydrogen) atoms. The first-order valence-electron chi connectivity index (χ1n) is 5.60. The van der Waals surface area contributed by atoms with E-state index in [1.54, 1.807) is 7.11 Å². The second kappa shape index (κ2) is 5.64. The molecule has 2 unspecified atom stereocenters. The van der Waals surface area contributed by atoms with Crippen LogP contribution in [0.1, 0.15) is 25.7 Å². The molecule has 1 aromatic heterocycles. The molecule has 0 aliphatic heterocycles. The molecule has 0 N–H and O–H groups in total. The predicted octanol–water partition coefficient (Wildman–Crippen LogP) is 3.18. The Morgan fingerprint density at radius 2 is 2.12 bits per heavy atom. The van der Waals surface area contributed by atoms with Crippen molar-refractivity contribution in [1.29, 1.82) is 0 Å². The van der Waals surface area contributed by atoms with E-state index in [1.165, 1.54) is 0 Å². The van der Waals surface area contributed by atoms with E-state index < -0.39 is 0 Å². The summed E-state index contributed by atoms with van der Waals surface area (Å²) in [5.41, 5.74) is 0. The molecule has 0 spiro atoms. The van der Waals surface area contributed by atoms with E-state index in [9.17, 15) is 0 Å². The Morgan fingerprint density at radius 3 is 2.88 bits per heavy atom. The number of hydrogen-bond donors (Lipinski definition) is 0. The Bertz CT molecular complexity index is 346. The maximum atomic E-state index is 5.85. The number of methoxy groups -OCH3 is 1. The summed E-state index contributed by atoms with van der Waals surface area (Å²) in [5.74, 6) is 0.691. The summed E-state index contributed by atoms with van der Waals surface area (Å²) < 4.78 is 12.0. The number of nitrogens with zero attached hydrogens (tertiary/aromatic N) is 1. The van der Waals surface area contributed by atoms with Crippen molar-refractivity contribution < 1.29 is 9.47 Å². The van der Waals surface area contributed by atoms with Crippen LogP contribution in [0.5, 0.6) is 5.88 Å². The van der Waals surface area contributed by atoms with Gasteiger partial charge in [0, 0.05) is 19.6 Å². The monoisotopic (exact) mass is 285 g/mol. The van der Waals surface area contributed by atoms with Gasteiger partial charge in [-0.15, -0.1) is 0 Å². The highest BCUT2D eigenvalue weighted by Crippen LogP contribution is 2.24. The first-order valence-corrected chi connectivity index (χ1v) is 6.39. The molecular formula is C12H16BrNO2. The van der Waals surface area contributed by atoms with Crippen molar-refractivity contribution in [2.45, 2.75) is 37.9 Å². The van der Waals surface area contributed by atoms with Gasteiger partial charge in [0.2, 0.25) is 5.88 Å². The van der Waals surface area contributed by atoms with Gasteiger partial charge < -0.3 is 9.47 Å². The third kappa shape index (κ3) is 3.19. The fraction of sp³-hybridized carbons (Fsp3) is 0.583. The van der Waals surface area contributed by atoms with Gasteiger partial charge in [0.05, 0.1) is 6.10 Å². The van der Waals surface area contributed by atoms with E-state index in [2.05, 4.69) is 20.9 Å². The molecule has 1 fully saturated rings. The molecule has 1 saturated carbocycles. The molecule has 1 aliphatic carbocycles. The van der Waals surface area contributed by atoms with Crippen LogP contribution in [0.15, 0.2) is 22.8 Å². The summed E-state index contributed by atoms with van der Waals surface area (Å²) in [6, 6.07) is 5.72. The minimum Gasteiger partial charge on any atom is -0.474 e. The Balaban J connectivity index is 1.94. The van der Waals surface area contributed by atoms with E-state index in [0.717, 1.165) is 30.3 Å². The Labute approximate surface area is 104 Å². The Morgan fingerprint density at radius 1 is 1.31 bits per heavy atom. The Hall–Kier alpha value is -0.610. The third-order valence-electron chi connectivity index (χ3n) is 2.89. The van der Waals surface area contributed by atoms with Crippen LogP contribution in [0, 0.1) is 0 Å². The van der Waals surface area contributed by atoms with Gasteiger partial charge in [-0.2, -0.15) is 0 Å². The lowest BCUT2D eigenvalue weighted by Crippen LogP contribution is -2.29. The summed E-state index contributed by atoms with van der Waals surface area (Å²) in [4.78, 5) is 4.27. The molecule has 2 atom stereocenters. The van der Waals surface area contributed by atoms with Crippen LogP contribution in [0.3, 0.4) is 0 Å². The van der Waals surface area contributed by atoms with Gasteiger partial charge in [0.25, 0.3) is 0 Å². The second-order valence-corrected chi connectivity index (χ2v) is 4.88. The van der Waals surface area contributed by atoms with Gasteiger partial charge in [-0.3, -0.25) is 0 Å². The zero-order chi connectivity index (χ0) is 11.4. The number of rotatable bonds is 3. The minimum atomic E-state index is 0.237. The number of hydrogen-bond acceptors (Lipinski definition) is 3. The van der Waals surface area contributed by atoms with Crippen LogP contribution < -0.4 is 4.74 Å². The fourth-order valence-corrected chi connectivity index (χ4v) is 2.38. The maximum Gasteiger partial charge on any atom is 0.214 e. The first-order chi connectivity index (χ1) is 7.78. The highest BCUT2D eigenvalue weighted by atomic mass is 79.9. The Kier molecular flexibility index (Phi) is 4.18. The van der Waals surface area contributed by atoms with Crippen molar-refractivity contribution in [2.75, 3.05) is 7.11 Å². The van der Waals surface area contributed by atoms with E-state index in [4.69, 9.17) is 9.47 Å². The van der Waals surface area contributed by atoms with E-state index in [-0.39, 0.29) is 6.10 Å². The molecule has 1 aromatic rings. The normalized spacial score (nSPS) is 25.4. The van der Waals surface area contributed by atoms with Crippen LogP contribution >= 0.6 is 15.9 Å². The zero-order valence-corrected chi connectivity index (χ0v) is 10.9. The molecule has 2 rings (SSSR count).